The summed E-state index contributed by atoms with van der Waals surface area (Å²) in [5.74, 6) is 0.129. The maximum absolute atomic E-state index is 12.3. The lowest BCUT2D eigenvalue weighted by Crippen LogP contribution is -2.15. The lowest BCUT2D eigenvalue weighted by Gasteiger charge is -2.01. The van der Waals surface area contributed by atoms with Crippen molar-refractivity contribution in [2.45, 2.75) is 6.92 Å². The number of nitrogens with zero attached hydrogens (tertiary/aromatic N) is 6. The van der Waals surface area contributed by atoms with Crippen LogP contribution < -0.4 is 5.32 Å². The van der Waals surface area contributed by atoms with E-state index in [0.717, 1.165) is 15.8 Å². The molecule has 0 aliphatic carbocycles. The van der Waals surface area contributed by atoms with E-state index in [2.05, 4.69) is 30.6 Å². The Kier molecular flexibility index (Phi) is 3.47. The minimum Gasteiger partial charge on any atom is -0.296 e. The minimum absolute atomic E-state index is 0.204. The van der Waals surface area contributed by atoms with Crippen molar-refractivity contribution in [2.75, 3.05) is 5.32 Å². The molecular weight excluding hydrogens is 326 g/mol. The van der Waals surface area contributed by atoms with Crippen molar-refractivity contribution < 1.29 is 4.79 Å². The summed E-state index contributed by atoms with van der Waals surface area (Å²) in [6, 6.07) is 9.16. The van der Waals surface area contributed by atoms with Gasteiger partial charge in [0.05, 0.1) is 10.2 Å². The van der Waals surface area contributed by atoms with Crippen LogP contribution in [-0.4, -0.2) is 35.9 Å². The molecule has 4 rings (SSSR count). The van der Waals surface area contributed by atoms with E-state index < -0.39 is 0 Å². The molecule has 0 aliphatic heterocycles. The number of nitrogens with one attached hydrogen (secondary N) is 1. The topological polar surface area (TPSA) is 98.5 Å². The molecule has 0 radical (unpaired) electrons. The lowest BCUT2D eigenvalue weighted by atomic mass is 10.2. The van der Waals surface area contributed by atoms with Gasteiger partial charge in [0, 0.05) is 0 Å². The van der Waals surface area contributed by atoms with E-state index in [1.54, 1.807) is 12.1 Å². The van der Waals surface area contributed by atoms with E-state index in [1.807, 2.05) is 25.1 Å². The number of aryl methyl sites for hydroxylation is 1. The number of rotatable bonds is 3. The third-order valence-electron chi connectivity index (χ3n) is 3.38. The van der Waals surface area contributed by atoms with Crippen molar-refractivity contribution >= 4 is 32.6 Å². The SMILES string of the molecule is Cc1cccc2sc(NC(=O)c3ccc(-n4cncn4)nn3)nc12. The zero-order chi connectivity index (χ0) is 16.5. The molecular formula is C15H11N7OS. The molecule has 0 saturated heterocycles. The molecule has 8 nitrogen and oxygen atoms in total. The average molecular weight is 337 g/mol. The zero-order valence-corrected chi connectivity index (χ0v) is 13.4. The van der Waals surface area contributed by atoms with E-state index in [-0.39, 0.29) is 11.6 Å². The van der Waals surface area contributed by atoms with Gasteiger partial charge in [-0.3, -0.25) is 10.1 Å². The molecule has 4 aromatic rings. The summed E-state index contributed by atoms with van der Waals surface area (Å²) in [4.78, 5) is 20.6. The van der Waals surface area contributed by atoms with Crippen LogP contribution in [0.1, 0.15) is 16.1 Å². The van der Waals surface area contributed by atoms with Gasteiger partial charge in [0.25, 0.3) is 5.91 Å². The summed E-state index contributed by atoms with van der Waals surface area (Å²) >= 11 is 1.42. The number of benzene rings is 1. The van der Waals surface area contributed by atoms with Crippen LogP contribution in [0.2, 0.25) is 0 Å². The van der Waals surface area contributed by atoms with Crippen LogP contribution in [0.4, 0.5) is 5.13 Å². The fourth-order valence-electron chi connectivity index (χ4n) is 2.20. The van der Waals surface area contributed by atoms with Crippen LogP contribution >= 0.6 is 11.3 Å². The summed E-state index contributed by atoms with van der Waals surface area (Å²) in [5.41, 5.74) is 2.17. The van der Waals surface area contributed by atoms with Crippen LogP contribution in [0.15, 0.2) is 43.0 Å². The Hall–Kier alpha value is -3.20. The van der Waals surface area contributed by atoms with E-state index in [1.165, 1.54) is 28.7 Å². The maximum atomic E-state index is 12.3. The first kappa shape index (κ1) is 14.4. The molecule has 1 aromatic carbocycles. The molecule has 0 saturated carbocycles. The summed E-state index contributed by atoms with van der Waals surface area (Å²) < 4.78 is 2.49. The van der Waals surface area contributed by atoms with E-state index in [9.17, 15) is 4.79 Å². The Labute approximate surface area is 140 Å². The Morgan fingerprint density at radius 2 is 2.12 bits per heavy atom. The Balaban J connectivity index is 1.56. The third kappa shape index (κ3) is 2.61. The highest BCUT2D eigenvalue weighted by Gasteiger charge is 2.13. The number of amides is 1. The minimum atomic E-state index is -0.357. The number of carbonyl (C=O) groups excluding carboxylic acids is 1. The predicted octanol–water partition coefficient (Wildman–Crippen LogP) is 2.23. The molecule has 0 bridgehead atoms. The van der Waals surface area contributed by atoms with Crippen molar-refractivity contribution in [3.63, 3.8) is 0 Å². The number of anilines is 1. The third-order valence-corrected chi connectivity index (χ3v) is 4.31. The second kappa shape index (κ2) is 5.78. The standard InChI is InChI=1S/C15H11N7OS/c1-9-3-2-4-11-13(9)18-15(24-11)19-14(23)10-5-6-12(21-20-10)22-8-16-7-17-22/h2-8H,1H3,(H,18,19,23). The van der Waals surface area contributed by atoms with Gasteiger partial charge < -0.3 is 0 Å². The second-order valence-corrected chi connectivity index (χ2v) is 6.04. The van der Waals surface area contributed by atoms with Crippen LogP contribution in [0.25, 0.3) is 16.0 Å². The Morgan fingerprint density at radius 1 is 1.21 bits per heavy atom. The molecule has 0 spiro atoms. The monoisotopic (exact) mass is 337 g/mol. The highest BCUT2D eigenvalue weighted by molar-refractivity contribution is 7.22. The summed E-state index contributed by atoms with van der Waals surface area (Å²) in [6.45, 7) is 1.99. The Bertz CT molecular complexity index is 1010. The average Bonchev–Trinajstić information content (AvgIpc) is 3.25. The van der Waals surface area contributed by atoms with Crippen molar-refractivity contribution in [3.05, 3.63) is 54.2 Å². The Morgan fingerprint density at radius 3 is 2.83 bits per heavy atom. The maximum Gasteiger partial charge on any atom is 0.277 e. The van der Waals surface area contributed by atoms with Gasteiger partial charge in [0.15, 0.2) is 16.6 Å². The van der Waals surface area contributed by atoms with Crippen molar-refractivity contribution in [3.8, 4) is 5.82 Å². The number of hydrogen-bond donors (Lipinski definition) is 1. The van der Waals surface area contributed by atoms with Gasteiger partial charge in [-0.25, -0.2) is 14.6 Å². The molecule has 9 heteroatoms. The molecule has 24 heavy (non-hydrogen) atoms. The summed E-state index contributed by atoms with van der Waals surface area (Å²) in [5, 5.41) is 15.2. The molecule has 0 fully saturated rings. The quantitative estimate of drug-likeness (QED) is 0.615. The number of carbonyl (C=O) groups is 1. The molecule has 0 unspecified atom stereocenters. The summed E-state index contributed by atoms with van der Waals surface area (Å²) in [6.07, 6.45) is 2.91. The number of fused-ring (bicyclic) bond motifs is 1. The van der Waals surface area contributed by atoms with Crippen LogP contribution in [0.5, 0.6) is 0 Å². The van der Waals surface area contributed by atoms with Gasteiger partial charge in [-0.05, 0) is 30.7 Å². The number of para-hydroxylation sites is 1. The summed E-state index contributed by atoms with van der Waals surface area (Å²) in [7, 11) is 0. The van der Waals surface area contributed by atoms with Gasteiger partial charge in [0.2, 0.25) is 0 Å². The fourth-order valence-corrected chi connectivity index (χ4v) is 3.13. The highest BCUT2D eigenvalue weighted by Crippen LogP contribution is 2.28. The van der Waals surface area contributed by atoms with E-state index >= 15 is 0 Å². The van der Waals surface area contributed by atoms with Gasteiger partial charge >= 0.3 is 0 Å². The molecule has 3 aromatic heterocycles. The van der Waals surface area contributed by atoms with Crippen molar-refractivity contribution in [1.82, 2.24) is 29.9 Å². The molecule has 118 valence electrons. The number of hydrogen-bond acceptors (Lipinski definition) is 7. The van der Waals surface area contributed by atoms with Gasteiger partial charge in [-0.1, -0.05) is 23.5 Å². The molecule has 1 N–H and O–H groups in total. The van der Waals surface area contributed by atoms with E-state index in [0.29, 0.717) is 10.9 Å². The second-order valence-electron chi connectivity index (χ2n) is 5.01. The van der Waals surface area contributed by atoms with E-state index in [4.69, 9.17) is 0 Å². The number of aromatic nitrogens is 6. The highest BCUT2D eigenvalue weighted by atomic mass is 32.1. The fraction of sp³-hybridized carbons (Fsp3) is 0.0667. The zero-order valence-electron chi connectivity index (χ0n) is 12.5. The number of thiazole rings is 1. The first-order chi connectivity index (χ1) is 11.7. The van der Waals surface area contributed by atoms with Gasteiger partial charge in [-0.2, -0.15) is 5.10 Å². The van der Waals surface area contributed by atoms with Gasteiger partial charge in [0.1, 0.15) is 12.7 Å². The van der Waals surface area contributed by atoms with Crippen molar-refractivity contribution in [2.24, 2.45) is 0 Å². The predicted molar refractivity (Wildman–Crippen MR) is 89.3 cm³/mol. The van der Waals surface area contributed by atoms with Gasteiger partial charge in [-0.15, -0.1) is 10.2 Å². The van der Waals surface area contributed by atoms with Crippen LogP contribution in [0.3, 0.4) is 0 Å². The normalized spacial score (nSPS) is 10.9. The smallest absolute Gasteiger partial charge is 0.277 e. The molecule has 0 aliphatic rings. The van der Waals surface area contributed by atoms with Crippen LogP contribution in [-0.2, 0) is 0 Å². The molecule has 0 atom stereocenters. The first-order valence-electron chi connectivity index (χ1n) is 7.07. The first-order valence-corrected chi connectivity index (χ1v) is 7.88. The lowest BCUT2D eigenvalue weighted by molar-refractivity contribution is 0.102. The largest absolute Gasteiger partial charge is 0.296 e. The van der Waals surface area contributed by atoms with Crippen molar-refractivity contribution in [1.29, 1.82) is 0 Å². The molecule has 3 heterocycles. The molecule has 1 amide bonds. The van der Waals surface area contributed by atoms with Crippen LogP contribution in [0, 0.1) is 6.92 Å².